The summed E-state index contributed by atoms with van der Waals surface area (Å²) in [4.78, 5) is 2.48. The zero-order valence-corrected chi connectivity index (χ0v) is 12.6. The normalized spacial score (nSPS) is 19.3. The topological polar surface area (TPSA) is 24.5 Å². The molecule has 0 aliphatic heterocycles. The number of nitrogens with zero attached hydrogens (tertiary/aromatic N) is 1. The lowest BCUT2D eigenvalue weighted by Gasteiger charge is -2.28. The summed E-state index contributed by atoms with van der Waals surface area (Å²) in [6.45, 7) is 9.87. The van der Waals surface area contributed by atoms with E-state index in [1.165, 1.54) is 38.6 Å². The molecular formula is C15H32N2O. The zero-order valence-electron chi connectivity index (χ0n) is 12.6. The Balaban J connectivity index is 2.07. The molecule has 0 aromatic carbocycles. The maximum Gasteiger partial charge on any atom is 0.0615 e. The monoisotopic (exact) mass is 256 g/mol. The number of nitrogens with one attached hydrogen (secondary N) is 1. The van der Waals surface area contributed by atoms with Gasteiger partial charge >= 0.3 is 0 Å². The van der Waals surface area contributed by atoms with E-state index in [0.717, 1.165) is 32.2 Å². The maximum atomic E-state index is 5.23. The van der Waals surface area contributed by atoms with Crippen molar-refractivity contribution in [3.63, 3.8) is 0 Å². The smallest absolute Gasteiger partial charge is 0.0615 e. The van der Waals surface area contributed by atoms with Crippen molar-refractivity contribution in [2.75, 3.05) is 39.9 Å². The average molecular weight is 256 g/mol. The first kappa shape index (κ1) is 15.9. The maximum absolute atomic E-state index is 5.23. The Labute approximate surface area is 113 Å². The molecule has 1 rings (SSSR count). The van der Waals surface area contributed by atoms with E-state index >= 15 is 0 Å². The van der Waals surface area contributed by atoms with Gasteiger partial charge in [-0.25, -0.2) is 0 Å². The van der Waals surface area contributed by atoms with Gasteiger partial charge in [-0.15, -0.1) is 0 Å². The highest BCUT2D eigenvalue weighted by atomic mass is 16.5. The molecule has 0 aromatic rings. The molecule has 1 aliphatic rings. The Hall–Kier alpha value is -0.120. The van der Waals surface area contributed by atoms with Gasteiger partial charge in [0.25, 0.3) is 0 Å². The summed E-state index contributed by atoms with van der Waals surface area (Å²) >= 11 is 0. The fourth-order valence-electron chi connectivity index (χ4n) is 2.96. The summed E-state index contributed by atoms with van der Waals surface area (Å²) in [5.41, 5.74) is 0. The molecule has 1 unspecified atom stereocenters. The minimum atomic E-state index is 0.525. The Bertz CT molecular complexity index is 193. The van der Waals surface area contributed by atoms with E-state index in [-0.39, 0.29) is 0 Å². The van der Waals surface area contributed by atoms with E-state index in [0.29, 0.717) is 6.04 Å². The molecule has 1 N–H and O–H groups in total. The van der Waals surface area contributed by atoms with Crippen LogP contribution in [0.4, 0.5) is 0 Å². The van der Waals surface area contributed by atoms with Crippen LogP contribution in [0.2, 0.25) is 0 Å². The van der Waals surface area contributed by atoms with Gasteiger partial charge in [0, 0.05) is 26.2 Å². The van der Waals surface area contributed by atoms with Crippen LogP contribution in [0.1, 0.15) is 46.0 Å². The quantitative estimate of drug-likeness (QED) is 0.642. The van der Waals surface area contributed by atoms with E-state index in [9.17, 15) is 0 Å². The molecule has 3 heteroatoms. The standard InChI is InChI=1S/C15H32N2O/c1-4-17(14(2)13-18-3)11-10-16-12-15-8-6-5-7-9-15/h14-16H,4-13H2,1-3H3. The molecule has 0 saturated heterocycles. The first-order valence-corrected chi connectivity index (χ1v) is 7.71. The highest BCUT2D eigenvalue weighted by molar-refractivity contribution is 4.70. The Morgan fingerprint density at radius 3 is 2.61 bits per heavy atom. The number of ether oxygens (including phenoxy) is 1. The highest BCUT2D eigenvalue weighted by Crippen LogP contribution is 2.22. The second kappa shape index (κ2) is 9.76. The zero-order chi connectivity index (χ0) is 13.2. The summed E-state index contributed by atoms with van der Waals surface area (Å²) in [6.07, 6.45) is 7.21. The molecule has 18 heavy (non-hydrogen) atoms. The Morgan fingerprint density at radius 2 is 2.00 bits per heavy atom. The molecule has 1 fully saturated rings. The minimum absolute atomic E-state index is 0.525. The van der Waals surface area contributed by atoms with Gasteiger partial charge in [0.05, 0.1) is 6.61 Å². The van der Waals surface area contributed by atoms with Gasteiger partial charge in [-0.1, -0.05) is 26.2 Å². The van der Waals surface area contributed by atoms with Crippen molar-refractivity contribution in [1.29, 1.82) is 0 Å². The fourth-order valence-corrected chi connectivity index (χ4v) is 2.96. The molecule has 0 heterocycles. The van der Waals surface area contributed by atoms with Crippen molar-refractivity contribution in [2.45, 2.75) is 52.0 Å². The summed E-state index contributed by atoms with van der Waals surface area (Å²) < 4.78 is 5.23. The van der Waals surface area contributed by atoms with E-state index in [1.807, 2.05) is 0 Å². The van der Waals surface area contributed by atoms with Gasteiger partial charge in [-0.2, -0.15) is 0 Å². The van der Waals surface area contributed by atoms with Crippen molar-refractivity contribution in [3.8, 4) is 0 Å². The Morgan fingerprint density at radius 1 is 1.28 bits per heavy atom. The van der Waals surface area contributed by atoms with Gasteiger partial charge in [-0.3, -0.25) is 4.90 Å². The molecule has 3 nitrogen and oxygen atoms in total. The average Bonchev–Trinajstić information content (AvgIpc) is 2.40. The van der Waals surface area contributed by atoms with Crippen LogP contribution in [0.5, 0.6) is 0 Å². The molecule has 1 aliphatic carbocycles. The van der Waals surface area contributed by atoms with Crippen molar-refractivity contribution in [1.82, 2.24) is 10.2 Å². The van der Waals surface area contributed by atoms with Crippen LogP contribution >= 0.6 is 0 Å². The molecule has 1 atom stereocenters. The summed E-state index contributed by atoms with van der Waals surface area (Å²) in [6, 6.07) is 0.525. The molecule has 108 valence electrons. The Kier molecular flexibility index (Phi) is 8.64. The highest BCUT2D eigenvalue weighted by Gasteiger charge is 2.14. The molecule has 1 saturated carbocycles. The summed E-state index contributed by atoms with van der Waals surface area (Å²) in [5, 5.41) is 3.63. The fraction of sp³-hybridized carbons (Fsp3) is 1.00. The molecule has 0 radical (unpaired) electrons. The van der Waals surface area contributed by atoms with Gasteiger partial charge in [-0.05, 0) is 38.8 Å². The molecular weight excluding hydrogens is 224 g/mol. The van der Waals surface area contributed by atoms with Gasteiger partial charge in [0.1, 0.15) is 0 Å². The number of likely N-dealkylation sites (N-methyl/N-ethyl adjacent to an activating group) is 1. The third-order valence-corrected chi connectivity index (χ3v) is 4.17. The van der Waals surface area contributed by atoms with E-state index in [4.69, 9.17) is 4.74 Å². The number of hydrogen-bond acceptors (Lipinski definition) is 3. The van der Waals surface area contributed by atoms with Crippen molar-refractivity contribution in [3.05, 3.63) is 0 Å². The SMILES string of the molecule is CCN(CCNCC1CCCCC1)C(C)COC. The van der Waals surface area contributed by atoms with E-state index in [2.05, 4.69) is 24.1 Å². The number of rotatable bonds is 9. The number of methoxy groups -OCH3 is 1. The van der Waals surface area contributed by atoms with Crippen molar-refractivity contribution >= 4 is 0 Å². The van der Waals surface area contributed by atoms with Gasteiger partial charge in [0.15, 0.2) is 0 Å². The van der Waals surface area contributed by atoms with E-state index < -0.39 is 0 Å². The minimum Gasteiger partial charge on any atom is -0.383 e. The summed E-state index contributed by atoms with van der Waals surface area (Å²) in [5.74, 6) is 0.935. The largest absolute Gasteiger partial charge is 0.383 e. The molecule has 0 spiro atoms. The van der Waals surface area contributed by atoms with Crippen LogP contribution in [0.15, 0.2) is 0 Å². The first-order valence-electron chi connectivity index (χ1n) is 7.71. The molecule has 0 bridgehead atoms. The summed E-state index contributed by atoms with van der Waals surface area (Å²) in [7, 11) is 1.78. The molecule has 0 aromatic heterocycles. The first-order chi connectivity index (χ1) is 8.77. The predicted octanol–water partition coefficient (Wildman–Crippen LogP) is 2.51. The third kappa shape index (κ3) is 6.17. The van der Waals surface area contributed by atoms with Crippen LogP contribution in [-0.4, -0.2) is 50.8 Å². The lowest BCUT2D eigenvalue weighted by Crippen LogP contribution is -2.41. The molecule has 0 amide bonds. The van der Waals surface area contributed by atoms with Crippen LogP contribution < -0.4 is 5.32 Å². The predicted molar refractivity (Wildman–Crippen MR) is 78.0 cm³/mol. The van der Waals surface area contributed by atoms with Crippen LogP contribution in [0.25, 0.3) is 0 Å². The van der Waals surface area contributed by atoms with Crippen LogP contribution in [0, 0.1) is 5.92 Å². The second-order valence-electron chi connectivity index (χ2n) is 5.64. The van der Waals surface area contributed by atoms with Gasteiger partial charge in [0.2, 0.25) is 0 Å². The van der Waals surface area contributed by atoms with Crippen LogP contribution in [-0.2, 0) is 4.74 Å². The van der Waals surface area contributed by atoms with Crippen molar-refractivity contribution in [2.24, 2.45) is 5.92 Å². The van der Waals surface area contributed by atoms with Crippen molar-refractivity contribution < 1.29 is 4.74 Å². The van der Waals surface area contributed by atoms with Crippen LogP contribution in [0.3, 0.4) is 0 Å². The lowest BCUT2D eigenvalue weighted by molar-refractivity contribution is 0.103. The van der Waals surface area contributed by atoms with Gasteiger partial charge < -0.3 is 10.1 Å². The third-order valence-electron chi connectivity index (χ3n) is 4.17. The lowest BCUT2D eigenvalue weighted by atomic mass is 9.89. The number of hydrogen-bond donors (Lipinski definition) is 1. The second-order valence-corrected chi connectivity index (χ2v) is 5.64. The van der Waals surface area contributed by atoms with E-state index in [1.54, 1.807) is 7.11 Å².